The Hall–Kier alpha value is -0.533. The van der Waals surface area contributed by atoms with Crippen molar-refractivity contribution in [2.45, 2.75) is 27.2 Å². The number of esters is 1. The molecule has 114 valence electrons. The van der Waals surface area contributed by atoms with Crippen molar-refractivity contribution >= 4 is 34.3 Å². The summed E-state index contributed by atoms with van der Waals surface area (Å²) in [6.07, 6.45) is 4.64. The van der Waals surface area contributed by atoms with Gasteiger partial charge in [0.25, 0.3) is 5.97 Å². The summed E-state index contributed by atoms with van der Waals surface area (Å²) in [5, 5.41) is -0.542. The third-order valence-corrected chi connectivity index (χ3v) is 2.40. The number of aliphatic imine (C=N–C) groups is 1. The number of rotatable bonds is 6. The van der Waals surface area contributed by atoms with Crippen molar-refractivity contribution in [2.75, 3.05) is 6.61 Å². The normalized spacial score (nSPS) is 13.2. The molecular formula is C14H17Cl2FLiNO2-2. The minimum Gasteiger partial charge on any atom is -0.505 e. The molecule has 0 aromatic rings. The number of nitrogens with zero attached hydrogens (tertiary/aromatic N) is 1. The average molecular weight is 328 g/mol. The van der Waals surface area contributed by atoms with Gasteiger partial charge in [-0.1, -0.05) is 13.8 Å². The molecule has 7 heteroatoms. The molecule has 0 aliphatic rings. The quantitative estimate of drug-likeness (QED) is 0.185. The van der Waals surface area contributed by atoms with Crippen molar-refractivity contribution in [3.05, 3.63) is 42.2 Å². The number of hydrogen-bond acceptors (Lipinski definition) is 3. The van der Waals surface area contributed by atoms with Gasteiger partial charge in [0.2, 0.25) is 0 Å². The zero-order valence-corrected chi connectivity index (χ0v) is 14.4. The van der Waals surface area contributed by atoms with E-state index in [1.165, 1.54) is 0 Å². The number of hydrogen-bond donors (Lipinski definition) is 0. The van der Waals surface area contributed by atoms with Crippen LogP contribution in [-0.4, -0.2) is 17.7 Å². The molecule has 0 radical (unpaired) electrons. The predicted octanol–water partition coefficient (Wildman–Crippen LogP) is 1.54. The van der Waals surface area contributed by atoms with Gasteiger partial charge in [-0.15, -0.1) is 17.2 Å². The van der Waals surface area contributed by atoms with Crippen LogP contribution in [0.5, 0.6) is 0 Å². The van der Waals surface area contributed by atoms with E-state index in [-0.39, 0.29) is 38.5 Å². The van der Waals surface area contributed by atoms with Crippen molar-refractivity contribution in [1.29, 1.82) is 0 Å². The van der Waals surface area contributed by atoms with Gasteiger partial charge in [0.05, 0.1) is 6.61 Å². The Kier molecular flexibility index (Phi) is 17.4. The van der Waals surface area contributed by atoms with E-state index in [1.807, 2.05) is 13.8 Å². The minimum atomic E-state index is -1.03. The van der Waals surface area contributed by atoms with Crippen LogP contribution in [0.1, 0.15) is 27.2 Å². The molecule has 0 saturated heterocycles. The Morgan fingerprint density at radius 3 is 2.43 bits per heavy atom. The number of allylic oxidation sites excluding steroid dienone is 2. The monoisotopic (exact) mass is 327 g/mol. The third kappa shape index (κ3) is 10.8. The van der Waals surface area contributed by atoms with Crippen LogP contribution in [0.15, 0.2) is 28.0 Å². The fourth-order valence-electron chi connectivity index (χ4n) is 0.892. The summed E-state index contributed by atoms with van der Waals surface area (Å²) in [4.78, 5) is 15.1. The fraction of sp³-hybridized carbons (Fsp3) is 0.357. The Morgan fingerprint density at radius 2 is 2.00 bits per heavy atom. The molecule has 0 atom stereocenters. The average Bonchev–Trinajstić information content (AvgIpc) is 2.41. The van der Waals surface area contributed by atoms with E-state index < -0.39 is 17.0 Å². The SMILES string of the molecule is CCOC(=O)C(=[C-]N=C(Cl)C(F)=[C-]Cl)C=C(C)CC.[CH3-].[Li+]. The first-order chi connectivity index (χ1) is 8.96. The van der Waals surface area contributed by atoms with E-state index in [9.17, 15) is 9.18 Å². The van der Waals surface area contributed by atoms with Crippen molar-refractivity contribution in [1.82, 2.24) is 0 Å². The van der Waals surface area contributed by atoms with Crippen LogP contribution >= 0.6 is 23.2 Å². The molecule has 0 aromatic carbocycles. The van der Waals surface area contributed by atoms with Gasteiger partial charge in [0.15, 0.2) is 0 Å². The second-order valence-electron chi connectivity index (χ2n) is 3.40. The Bertz CT molecular complexity index is 446. The van der Waals surface area contributed by atoms with Gasteiger partial charge in [-0.3, -0.25) is 0 Å². The predicted molar refractivity (Wildman–Crippen MR) is 80.9 cm³/mol. The smallest absolute Gasteiger partial charge is 0.505 e. The molecule has 0 fully saturated rings. The molecule has 0 bridgehead atoms. The standard InChI is InChI=1S/C13H14Cl2FNO2.CH3.Li/c1-4-9(3)6-10(13(18)19-5-2)8-17-12(15)11(16)7-14;;/h6H,4-5H2,1-3H3;1H3;/q-2;-1;+1. The van der Waals surface area contributed by atoms with Gasteiger partial charge in [-0.25, -0.2) is 16.0 Å². The van der Waals surface area contributed by atoms with Gasteiger partial charge in [-0.05, 0) is 30.3 Å². The number of carbonyl (C=O) groups is 1. The summed E-state index contributed by atoms with van der Waals surface area (Å²) >= 11 is 10.5. The second-order valence-corrected chi connectivity index (χ2v) is 3.95. The summed E-state index contributed by atoms with van der Waals surface area (Å²) < 4.78 is 17.7. The zero-order valence-electron chi connectivity index (χ0n) is 12.9. The van der Waals surface area contributed by atoms with Gasteiger partial charge in [0.1, 0.15) is 0 Å². The van der Waals surface area contributed by atoms with Crippen LogP contribution in [0.2, 0.25) is 0 Å². The largest absolute Gasteiger partial charge is 1.00 e. The summed E-state index contributed by atoms with van der Waals surface area (Å²) in [6, 6.07) is 0. The van der Waals surface area contributed by atoms with E-state index >= 15 is 0 Å². The van der Waals surface area contributed by atoms with E-state index in [2.05, 4.69) is 11.2 Å². The first-order valence-corrected chi connectivity index (χ1v) is 6.31. The number of halogens is 3. The number of ether oxygens (including phenoxy) is 1. The molecule has 0 spiro atoms. The topological polar surface area (TPSA) is 38.7 Å². The molecule has 0 rings (SSSR count). The Balaban J connectivity index is -0.00000162. The zero-order chi connectivity index (χ0) is 14.8. The summed E-state index contributed by atoms with van der Waals surface area (Å²) in [6.45, 7) is 5.65. The summed E-state index contributed by atoms with van der Waals surface area (Å²) in [7, 11) is 0. The maximum atomic E-state index is 12.9. The molecular weight excluding hydrogens is 311 g/mol. The first kappa shape index (κ1) is 25.4. The van der Waals surface area contributed by atoms with E-state index in [4.69, 9.17) is 27.9 Å². The van der Waals surface area contributed by atoms with Gasteiger partial charge in [-0.2, -0.15) is 11.6 Å². The first-order valence-electron chi connectivity index (χ1n) is 5.56. The minimum absolute atomic E-state index is 0. The molecule has 0 aliphatic carbocycles. The Morgan fingerprint density at radius 1 is 1.43 bits per heavy atom. The number of carbonyl (C=O) groups excluding carboxylic acids is 1. The molecule has 0 saturated carbocycles. The van der Waals surface area contributed by atoms with E-state index in [0.717, 1.165) is 12.0 Å². The maximum absolute atomic E-state index is 12.9. The molecule has 3 nitrogen and oxygen atoms in total. The van der Waals surface area contributed by atoms with Crippen molar-refractivity contribution in [2.24, 2.45) is 4.99 Å². The van der Waals surface area contributed by atoms with E-state index in [1.54, 1.807) is 18.5 Å². The van der Waals surface area contributed by atoms with Crippen LogP contribution < -0.4 is 18.9 Å². The van der Waals surface area contributed by atoms with Crippen molar-refractivity contribution in [3.8, 4) is 0 Å². The second kappa shape index (κ2) is 14.4. The molecule has 21 heavy (non-hydrogen) atoms. The molecule has 0 heterocycles. The van der Waals surface area contributed by atoms with Gasteiger partial charge >= 0.3 is 18.9 Å². The van der Waals surface area contributed by atoms with Gasteiger partial charge < -0.3 is 22.0 Å². The van der Waals surface area contributed by atoms with Crippen molar-refractivity contribution < 1.29 is 32.8 Å². The van der Waals surface area contributed by atoms with Crippen LogP contribution in [0, 0.1) is 19.2 Å². The van der Waals surface area contributed by atoms with Gasteiger partial charge in [0, 0.05) is 5.83 Å². The molecule has 0 unspecified atom stereocenters. The van der Waals surface area contributed by atoms with Crippen LogP contribution in [0.25, 0.3) is 0 Å². The fourth-order valence-corrected chi connectivity index (χ4v) is 1.12. The van der Waals surface area contributed by atoms with Crippen LogP contribution in [0.3, 0.4) is 0 Å². The molecule has 0 N–H and O–H groups in total. The summed E-state index contributed by atoms with van der Waals surface area (Å²) in [5.41, 5.74) is 2.65. The Labute approximate surface area is 148 Å². The van der Waals surface area contributed by atoms with Crippen LogP contribution in [0.4, 0.5) is 4.39 Å². The van der Waals surface area contributed by atoms with E-state index in [0.29, 0.717) is 0 Å². The molecule has 0 aliphatic heterocycles. The third-order valence-electron chi connectivity index (χ3n) is 1.98. The molecule has 0 amide bonds. The maximum Gasteiger partial charge on any atom is 1.00 e. The van der Waals surface area contributed by atoms with Crippen molar-refractivity contribution in [3.63, 3.8) is 0 Å². The van der Waals surface area contributed by atoms with Crippen LogP contribution in [-0.2, 0) is 9.53 Å². The summed E-state index contributed by atoms with van der Waals surface area (Å²) in [5.74, 6) is -1.64. The molecule has 0 aromatic heterocycles.